The number of carbonyl (C=O) groups excluding carboxylic acids is 1. The SMILES string of the molecule is COc1ccc(CC(=O)Nc2ccc3c(c2)CCN3S(C)(=O)=O)cc1. The summed E-state index contributed by atoms with van der Waals surface area (Å²) in [4.78, 5) is 12.2. The van der Waals surface area contributed by atoms with Gasteiger partial charge in [0, 0.05) is 12.2 Å². The average molecular weight is 360 g/mol. The van der Waals surface area contributed by atoms with E-state index in [2.05, 4.69) is 5.32 Å². The molecule has 0 aromatic heterocycles. The van der Waals surface area contributed by atoms with Gasteiger partial charge in [-0.25, -0.2) is 8.42 Å². The van der Waals surface area contributed by atoms with E-state index in [1.807, 2.05) is 30.3 Å². The average Bonchev–Trinajstić information content (AvgIpc) is 2.99. The van der Waals surface area contributed by atoms with E-state index in [1.54, 1.807) is 19.2 Å². The quantitative estimate of drug-likeness (QED) is 0.887. The van der Waals surface area contributed by atoms with Gasteiger partial charge in [-0.15, -0.1) is 0 Å². The molecule has 0 radical (unpaired) electrons. The van der Waals surface area contributed by atoms with Crippen LogP contribution in [0.1, 0.15) is 11.1 Å². The number of fused-ring (bicyclic) bond motifs is 1. The molecule has 25 heavy (non-hydrogen) atoms. The maximum Gasteiger partial charge on any atom is 0.232 e. The number of hydrogen-bond donors (Lipinski definition) is 1. The van der Waals surface area contributed by atoms with Crippen LogP contribution in [-0.4, -0.2) is 34.2 Å². The standard InChI is InChI=1S/C18H20N2O4S/c1-24-16-6-3-13(4-7-16)11-18(21)19-15-5-8-17-14(12-15)9-10-20(17)25(2,22)23/h3-8,12H,9-11H2,1-2H3,(H,19,21). The van der Waals surface area contributed by atoms with Crippen LogP contribution in [-0.2, 0) is 27.7 Å². The Balaban J connectivity index is 1.68. The topological polar surface area (TPSA) is 75.7 Å². The van der Waals surface area contributed by atoms with Crippen LogP contribution in [0.15, 0.2) is 42.5 Å². The molecule has 0 bridgehead atoms. The molecule has 1 amide bonds. The summed E-state index contributed by atoms with van der Waals surface area (Å²) < 4.78 is 30.0. The lowest BCUT2D eigenvalue weighted by Crippen LogP contribution is -2.27. The Bertz CT molecular complexity index is 892. The summed E-state index contributed by atoms with van der Waals surface area (Å²) in [5.41, 5.74) is 3.18. The smallest absolute Gasteiger partial charge is 0.232 e. The van der Waals surface area contributed by atoms with Crippen LogP contribution >= 0.6 is 0 Å². The van der Waals surface area contributed by atoms with E-state index in [1.165, 1.54) is 10.6 Å². The van der Waals surface area contributed by atoms with Gasteiger partial charge in [-0.05, 0) is 47.9 Å². The molecule has 2 aromatic carbocycles. The molecular formula is C18H20N2O4S. The Labute approximate surface area is 147 Å². The number of ether oxygens (including phenoxy) is 1. The van der Waals surface area contributed by atoms with Crippen molar-refractivity contribution in [3.8, 4) is 5.75 Å². The van der Waals surface area contributed by atoms with Crippen LogP contribution in [0, 0.1) is 0 Å². The summed E-state index contributed by atoms with van der Waals surface area (Å²) in [7, 11) is -1.66. The summed E-state index contributed by atoms with van der Waals surface area (Å²) in [6.07, 6.45) is 2.10. The predicted octanol–water partition coefficient (Wildman–Crippen LogP) is 2.20. The molecule has 6 nitrogen and oxygen atoms in total. The van der Waals surface area contributed by atoms with Crippen molar-refractivity contribution in [3.05, 3.63) is 53.6 Å². The van der Waals surface area contributed by atoms with Gasteiger partial charge in [0.2, 0.25) is 15.9 Å². The van der Waals surface area contributed by atoms with Crippen molar-refractivity contribution in [1.82, 2.24) is 0 Å². The van der Waals surface area contributed by atoms with E-state index < -0.39 is 10.0 Å². The van der Waals surface area contributed by atoms with Gasteiger partial charge in [0.25, 0.3) is 0 Å². The molecule has 7 heteroatoms. The largest absolute Gasteiger partial charge is 0.497 e. The van der Waals surface area contributed by atoms with Gasteiger partial charge in [-0.3, -0.25) is 9.10 Å². The van der Waals surface area contributed by atoms with Crippen molar-refractivity contribution in [1.29, 1.82) is 0 Å². The fourth-order valence-electron chi connectivity index (χ4n) is 2.93. The molecule has 0 saturated carbocycles. The maximum absolute atomic E-state index is 12.2. The van der Waals surface area contributed by atoms with Gasteiger partial charge in [-0.1, -0.05) is 12.1 Å². The van der Waals surface area contributed by atoms with Gasteiger partial charge < -0.3 is 10.1 Å². The number of nitrogens with zero attached hydrogens (tertiary/aromatic N) is 1. The van der Waals surface area contributed by atoms with Gasteiger partial charge in [-0.2, -0.15) is 0 Å². The summed E-state index contributed by atoms with van der Waals surface area (Å²) in [5, 5.41) is 2.86. The molecule has 2 aromatic rings. The third kappa shape index (κ3) is 3.93. The number of carbonyl (C=O) groups is 1. The number of nitrogens with one attached hydrogen (secondary N) is 1. The molecule has 0 atom stereocenters. The fraction of sp³-hybridized carbons (Fsp3) is 0.278. The molecule has 0 saturated heterocycles. The first-order valence-corrected chi connectivity index (χ1v) is 9.75. The van der Waals surface area contributed by atoms with Crippen molar-refractivity contribution in [3.63, 3.8) is 0 Å². The lowest BCUT2D eigenvalue weighted by atomic mass is 10.1. The van der Waals surface area contributed by atoms with Crippen molar-refractivity contribution < 1.29 is 17.9 Å². The van der Waals surface area contributed by atoms with Crippen molar-refractivity contribution in [2.24, 2.45) is 0 Å². The van der Waals surface area contributed by atoms with Gasteiger partial charge in [0.1, 0.15) is 5.75 Å². The summed E-state index contributed by atoms with van der Waals surface area (Å²) in [6.45, 7) is 0.442. The van der Waals surface area contributed by atoms with E-state index in [9.17, 15) is 13.2 Å². The molecule has 1 heterocycles. The molecule has 1 N–H and O–H groups in total. The van der Waals surface area contributed by atoms with Crippen LogP contribution in [0.4, 0.5) is 11.4 Å². The number of rotatable bonds is 5. The van der Waals surface area contributed by atoms with Crippen molar-refractivity contribution in [2.45, 2.75) is 12.8 Å². The summed E-state index contributed by atoms with van der Waals surface area (Å²) in [5.74, 6) is 0.626. The first-order chi connectivity index (χ1) is 11.9. The Kier molecular flexibility index (Phi) is 4.67. The van der Waals surface area contributed by atoms with E-state index in [4.69, 9.17) is 4.74 Å². The Morgan fingerprint density at radius 2 is 1.92 bits per heavy atom. The minimum Gasteiger partial charge on any atom is -0.497 e. The second-order valence-electron chi connectivity index (χ2n) is 6.00. The van der Waals surface area contributed by atoms with E-state index in [-0.39, 0.29) is 12.3 Å². The number of anilines is 2. The second-order valence-corrected chi connectivity index (χ2v) is 7.91. The predicted molar refractivity (Wildman–Crippen MR) is 97.7 cm³/mol. The van der Waals surface area contributed by atoms with E-state index >= 15 is 0 Å². The van der Waals surface area contributed by atoms with Crippen LogP contribution < -0.4 is 14.4 Å². The summed E-state index contributed by atoms with van der Waals surface area (Å²) in [6, 6.07) is 12.7. The van der Waals surface area contributed by atoms with Crippen LogP contribution in [0.5, 0.6) is 5.75 Å². The maximum atomic E-state index is 12.2. The highest BCUT2D eigenvalue weighted by Gasteiger charge is 2.26. The van der Waals surface area contributed by atoms with Gasteiger partial charge >= 0.3 is 0 Å². The number of amides is 1. The summed E-state index contributed by atoms with van der Waals surface area (Å²) >= 11 is 0. The van der Waals surface area contributed by atoms with Gasteiger partial charge in [0.05, 0.1) is 25.5 Å². The molecular weight excluding hydrogens is 340 g/mol. The minimum absolute atomic E-state index is 0.122. The second kappa shape index (κ2) is 6.76. The first-order valence-electron chi connectivity index (χ1n) is 7.90. The molecule has 1 aliphatic heterocycles. The van der Waals surface area contributed by atoms with E-state index in [0.29, 0.717) is 24.3 Å². The minimum atomic E-state index is -3.26. The third-order valence-corrected chi connectivity index (χ3v) is 5.32. The highest BCUT2D eigenvalue weighted by atomic mass is 32.2. The molecule has 1 aliphatic rings. The van der Waals surface area contributed by atoms with Crippen LogP contribution in [0.25, 0.3) is 0 Å². The van der Waals surface area contributed by atoms with E-state index in [0.717, 1.165) is 16.9 Å². The molecule has 0 fully saturated rings. The lowest BCUT2D eigenvalue weighted by Gasteiger charge is -2.16. The number of hydrogen-bond acceptors (Lipinski definition) is 4. The number of benzene rings is 2. The zero-order valence-electron chi connectivity index (χ0n) is 14.2. The zero-order chi connectivity index (χ0) is 18.0. The third-order valence-electron chi connectivity index (χ3n) is 4.14. The zero-order valence-corrected chi connectivity index (χ0v) is 15.0. The Morgan fingerprint density at radius 1 is 1.20 bits per heavy atom. The number of sulfonamides is 1. The fourth-order valence-corrected chi connectivity index (χ4v) is 3.89. The van der Waals surface area contributed by atoms with Crippen LogP contribution in [0.2, 0.25) is 0 Å². The molecule has 0 aliphatic carbocycles. The highest BCUT2D eigenvalue weighted by molar-refractivity contribution is 7.92. The molecule has 0 unspecified atom stereocenters. The Morgan fingerprint density at radius 3 is 2.56 bits per heavy atom. The molecule has 3 rings (SSSR count). The Hall–Kier alpha value is -2.54. The normalized spacial score (nSPS) is 13.4. The van der Waals surface area contributed by atoms with Gasteiger partial charge in [0.15, 0.2) is 0 Å². The number of methoxy groups -OCH3 is 1. The molecule has 0 spiro atoms. The monoisotopic (exact) mass is 360 g/mol. The van der Waals surface area contributed by atoms with Crippen molar-refractivity contribution in [2.75, 3.05) is 29.5 Å². The molecule has 132 valence electrons. The van der Waals surface area contributed by atoms with Crippen molar-refractivity contribution >= 4 is 27.3 Å². The highest BCUT2D eigenvalue weighted by Crippen LogP contribution is 2.32. The van der Waals surface area contributed by atoms with Crippen LogP contribution in [0.3, 0.4) is 0 Å². The lowest BCUT2D eigenvalue weighted by molar-refractivity contribution is -0.115. The first kappa shape index (κ1) is 17.3.